The molecule has 0 unspecified atom stereocenters. The van der Waals surface area contributed by atoms with Crippen molar-refractivity contribution >= 4 is 17.1 Å². The zero-order valence-electron chi connectivity index (χ0n) is 13.7. The van der Waals surface area contributed by atoms with E-state index < -0.39 is 5.82 Å². The van der Waals surface area contributed by atoms with E-state index in [1.165, 1.54) is 18.2 Å². The molecule has 1 amide bonds. The van der Waals surface area contributed by atoms with Gasteiger partial charge in [-0.3, -0.25) is 4.79 Å². The van der Waals surface area contributed by atoms with Crippen LogP contribution >= 0.6 is 0 Å². The summed E-state index contributed by atoms with van der Waals surface area (Å²) >= 11 is 0. The molecular weight excluding hydrogens is 307 g/mol. The van der Waals surface area contributed by atoms with Gasteiger partial charge in [-0.25, -0.2) is 14.4 Å². The fraction of sp³-hybridized carbons (Fsp3) is 0.278. The lowest BCUT2D eigenvalue weighted by atomic mass is 10.2. The van der Waals surface area contributed by atoms with Crippen LogP contribution in [0.5, 0.6) is 0 Å². The largest absolute Gasteiger partial charge is 0.352 e. The van der Waals surface area contributed by atoms with Gasteiger partial charge in [-0.15, -0.1) is 0 Å². The number of pyridine rings is 1. The molecular formula is C18H19FN4O. The van der Waals surface area contributed by atoms with Gasteiger partial charge in [0.2, 0.25) is 0 Å². The Morgan fingerprint density at radius 3 is 2.88 bits per heavy atom. The molecule has 5 nitrogen and oxygen atoms in total. The Kier molecular flexibility index (Phi) is 4.55. The van der Waals surface area contributed by atoms with E-state index in [1.807, 2.05) is 12.1 Å². The first-order valence-electron chi connectivity index (χ1n) is 7.92. The topological polar surface area (TPSA) is 59.8 Å². The van der Waals surface area contributed by atoms with Crippen molar-refractivity contribution in [2.24, 2.45) is 0 Å². The maximum atomic E-state index is 13.2. The summed E-state index contributed by atoms with van der Waals surface area (Å²) in [5.41, 5.74) is 2.01. The third-order valence-corrected chi connectivity index (χ3v) is 3.76. The van der Waals surface area contributed by atoms with Gasteiger partial charge in [0.25, 0.3) is 5.91 Å². The van der Waals surface area contributed by atoms with Crippen molar-refractivity contribution < 1.29 is 9.18 Å². The Bertz CT molecular complexity index is 872. The molecule has 2 aromatic heterocycles. The number of rotatable bonds is 5. The first kappa shape index (κ1) is 16.1. The van der Waals surface area contributed by atoms with Crippen LogP contribution in [-0.2, 0) is 6.42 Å². The van der Waals surface area contributed by atoms with Gasteiger partial charge >= 0.3 is 0 Å². The number of benzene rings is 1. The summed E-state index contributed by atoms with van der Waals surface area (Å²) in [6, 6.07) is 9.65. The number of nitrogens with one attached hydrogen (secondary N) is 1. The van der Waals surface area contributed by atoms with E-state index in [4.69, 9.17) is 0 Å². The summed E-state index contributed by atoms with van der Waals surface area (Å²) < 4.78 is 15.2. The predicted octanol–water partition coefficient (Wildman–Crippen LogP) is 3.12. The van der Waals surface area contributed by atoms with Gasteiger partial charge in [-0.1, -0.05) is 6.07 Å². The molecule has 0 spiro atoms. The molecule has 3 aromatic rings. The van der Waals surface area contributed by atoms with E-state index >= 15 is 0 Å². The van der Waals surface area contributed by atoms with Crippen LogP contribution in [0.25, 0.3) is 11.2 Å². The first-order valence-corrected chi connectivity index (χ1v) is 7.92. The average molecular weight is 326 g/mol. The standard InChI is InChI=1S/C18H19FN4O/c1-12(2)23-16(22-15-7-4-9-20-17(15)23)8-10-21-18(24)13-5-3-6-14(19)11-13/h3-7,9,11-12H,8,10H2,1-2H3,(H,21,24). The van der Waals surface area contributed by atoms with Crippen molar-refractivity contribution in [3.8, 4) is 0 Å². The van der Waals surface area contributed by atoms with E-state index in [0.717, 1.165) is 17.0 Å². The van der Waals surface area contributed by atoms with Crippen molar-refractivity contribution in [3.05, 3.63) is 59.8 Å². The van der Waals surface area contributed by atoms with E-state index in [2.05, 4.69) is 33.7 Å². The number of nitrogens with zero attached hydrogens (tertiary/aromatic N) is 3. The molecule has 2 heterocycles. The normalized spacial score (nSPS) is 11.2. The lowest BCUT2D eigenvalue weighted by molar-refractivity contribution is 0.0953. The minimum absolute atomic E-state index is 0.221. The van der Waals surface area contributed by atoms with Crippen LogP contribution in [0.2, 0.25) is 0 Å². The van der Waals surface area contributed by atoms with Gasteiger partial charge in [-0.2, -0.15) is 0 Å². The van der Waals surface area contributed by atoms with Crippen molar-refractivity contribution in [2.75, 3.05) is 6.54 Å². The summed E-state index contributed by atoms with van der Waals surface area (Å²) in [7, 11) is 0. The highest BCUT2D eigenvalue weighted by atomic mass is 19.1. The minimum Gasteiger partial charge on any atom is -0.352 e. The van der Waals surface area contributed by atoms with Gasteiger partial charge in [0.15, 0.2) is 5.65 Å². The lowest BCUT2D eigenvalue weighted by Gasteiger charge is -2.12. The van der Waals surface area contributed by atoms with Crippen LogP contribution in [0.15, 0.2) is 42.6 Å². The molecule has 0 radical (unpaired) electrons. The average Bonchev–Trinajstić information content (AvgIpc) is 2.93. The molecule has 0 fully saturated rings. The van der Waals surface area contributed by atoms with Crippen molar-refractivity contribution in [1.29, 1.82) is 0 Å². The lowest BCUT2D eigenvalue weighted by Crippen LogP contribution is -2.26. The van der Waals surface area contributed by atoms with Crippen LogP contribution in [-0.4, -0.2) is 27.0 Å². The second kappa shape index (κ2) is 6.78. The van der Waals surface area contributed by atoms with E-state index in [1.54, 1.807) is 12.3 Å². The second-order valence-electron chi connectivity index (χ2n) is 5.85. The Morgan fingerprint density at radius 1 is 1.29 bits per heavy atom. The Balaban J connectivity index is 1.72. The number of fused-ring (bicyclic) bond motifs is 1. The van der Waals surface area contributed by atoms with Crippen LogP contribution in [0.1, 0.15) is 36.1 Å². The third-order valence-electron chi connectivity index (χ3n) is 3.76. The molecule has 24 heavy (non-hydrogen) atoms. The van der Waals surface area contributed by atoms with E-state index in [-0.39, 0.29) is 11.9 Å². The zero-order chi connectivity index (χ0) is 17.1. The molecule has 0 atom stereocenters. The Hall–Kier alpha value is -2.76. The summed E-state index contributed by atoms with van der Waals surface area (Å²) in [5.74, 6) is 0.161. The number of carbonyl (C=O) groups excluding carboxylic acids is 1. The quantitative estimate of drug-likeness (QED) is 0.783. The monoisotopic (exact) mass is 326 g/mol. The highest BCUT2D eigenvalue weighted by Crippen LogP contribution is 2.19. The fourth-order valence-electron chi connectivity index (χ4n) is 2.72. The SMILES string of the molecule is CC(C)n1c(CCNC(=O)c2cccc(F)c2)nc2cccnc21. The number of hydrogen-bond acceptors (Lipinski definition) is 3. The second-order valence-corrected chi connectivity index (χ2v) is 5.85. The summed E-state index contributed by atoms with van der Waals surface area (Å²) in [6.45, 7) is 4.57. The van der Waals surface area contributed by atoms with Crippen LogP contribution < -0.4 is 5.32 Å². The zero-order valence-corrected chi connectivity index (χ0v) is 13.7. The molecule has 124 valence electrons. The molecule has 0 aliphatic rings. The number of aromatic nitrogens is 3. The smallest absolute Gasteiger partial charge is 0.251 e. The van der Waals surface area contributed by atoms with Crippen molar-refractivity contribution in [1.82, 2.24) is 19.9 Å². The molecule has 0 saturated carbocycles. The van der Waals surface area contributed by atoms with Gasteiger partial charge in [0.1, 0.15) is 17.2 Å². The van der Waals surface area contributed by atoms with Gasteiger partial charge < -0.3 is 9.88 Å². The maximum Gasteiger partial charge on any atom is 0.251 e. The van der Waals surface area contributed by atoms with Crippen LogP contribution in [0.3, 0.4) is 0 Å². The van der Waals surface area contributed by atoms with Crippen molar-refractivity contribution in [3.63, 3.8) is 0 Å². The summed E-state index contributed by atoms with van der Waals surface area (Å²) in [6.07, 6.45) is 2.33. The Labute approximate surface area is 139 Å². The van der Waals surface area contributed by atoms with Crippen molar-refractivity contribution in [2.45, 2.75) is 26.3 Å². The van der Waals surface area contributed by atoms with E-state index in [0.29, 0.717) is 18.5 Å². The van der Waals surface area contributed by atoms with E-state index in [9.17, 15) is 9.18 Å². The number of halogens is 1. The van der Waals surface area contributed by atoms with Crippen LogP contribution in [0.4, 0.5) is 4.39 Å². The first-order chi connectivity index (χ1) is 11.6. The molecule has 1 aromatic carbocycles. The highest BCUT2D eigenvalue weighted by molar-refractivity contribution is 5.94. The number of hydrogen-bond donors (Lipinski definition) is 1. The fourth-order valence-corrected chi connectivity index (χ4v) is 2.72. The van der Waals surface area contributed by atoms with Gasteiger partial charge in [0.05, 0.1) is 0 Å². The molecule has 0 saturated heterocycles. The molecule has 0 bridgehead atoms. The summed E-state index contributed by atoms with van der Waals surface area (Å²) in [5, 5.41) is 2.81. The molecule has 3 rings (SSSR count). The Morgan fingerprint density at radius 2 is 2.12 bits per heavy atom. The van der Waals surface area contributed by atoms with Gasteiger partial charge in [-0.05, 0) is 44.2 Å². The predicted molar refractivity (Wildman–Crippen MR) is 90.4 cm³/mol. The number of imidazole rings is 1. The summed E-state index contributed by atoms with van der Waals surface area (Å²) in [4.78, 5) is 21.1. The van der Waals surface area contributed by atoms with Gasteiger partial charge in [0, 0.05) is 30.8 Å². The maximum absolute atomic E-state index is 13.2. The molecule has 6 heteroatoms. The third kappa shape index (κ3) is 3.27. The highest BCUT2D eigenvalue weighted by Gasteiger charge is 2.14. The van der Waals surface area contributed by atoms with Crippen LogP contribution in [0, 0.1) is 5.82 Å². The molecule has 0 aliphatic heterocycles. The minimum atomic E-state index is -0.421. The molecule has 0 aliphatic carbocycles. The molecule has 1 N–H and O–H groups in total. The number of carbonyl (C=O) groups is 1. The number of amides is 1.